The molecule has 0 bridgehead atoms. The Hall–Kier alpha value is -1.52. The smallest absolute Gasteiger partial charge is 0.186 e. The maximum Gasteiger partial charge on any atom is 0.186 e. The van der Waals surface area contributed by atoms with Gasteiger partial charge < -0.3 is 24.3 Å². The van der Waals surface area contributed by atoms with Crippen molar-refractivity contribution in [2.45, 2.75) is 80.4 Å². The molecule has 2 aromatic carbocycles. The molecule has 0 amide bonds. The molecule has 0 saturated heterocycles. The van der Waals surface area contributed by atoms with Crippen LogP contribution in [0.4, 0.5) is 0 Å². The highest BCUT2D eigenvalue weighted by atomic mass is 79.9. The zero-order valence-corrected chi connectivity index (χ0v) is 25.3. The number of hydrogen-bond donors (Lipinski definition) is 2. The standard InChI is InChI=1S/C28H36BrNO5SSi/c1-5-37(3,4)34-15-19-13-28-23(35-27-25(28)18(14-30-19)10-22(32)26(27)29)11-20(31)12-24(28)36-16-17-6-8-21(33-2)9-7-17/h6-10,19,23-24,30,32H,5,11-16H2,1-4H3/t19-,23+,24+,28+/m0/s1. The molecule has 1 spiro atoms. The lowest BCUT2D eigenvalue weighted by molar-refractivity contribution is -0.124. The summed E-state index contributed by atoms with van der Waals surface area (Å²) in [4.78, 5) is 13.0. The number of phenolic OH excluding ortho intramolecular Hbond substituents is 1. The molecule has 3 aliphatic rings. The summed E-state index contributed by atoms with van der Waals surface area (Å²) in [5.41, 5.74) is 3.06. The molecule has 1 fully saturated rings. The molecule has 2 aliphatic heterocycles. The highest BCUT2D eigenvalue weighted by molar-refractivity contribution is 9.10. The second kappa shape index (κ2) is 10.6. The van der Waals surface area contributed by atoms with E-state index in [1.807, 2.05) is 30.0 Å². The lowest BCUT2D eigenvalue weighted by Crippen LogP contribution is -2.55. The van der Waals surface area contributed by atoms with E-state index >= 15 is 0 Å². The molecular formula is C28H36BrNO5SSi. The molecule has 37 heavy (non-hydrogen) atoms. The number of aromatic hydroxyl groups is 1. The maximum absolute atomic E-state index is 13.0. The average molecular weight is 607 g/mol. The van der Waals surface area contributed by atoms with Gasteiger partial charge in [0.2, 0.25) is 0 Å². The van der Waals surface area contributed by atoms with Gasteiger partial charge in [0, 0.05) is 48.6 Å². The summed E-state index contributed by atoms with van der Waals surface area (Å²) >= 11 is 5.43. The third-order valence-corrected chi connectivity index (χ3v) is 13.2. The largest absolute Gasteiger partial charge is 0.507 e. The summed E-state index contributed by atoms with van der Waals surface area (Å²) in [6.45, 7) is 8.00. The number of nitrogens with one attached hydrogen (secondary N) is 1. The van der Waals surface area contributed by atoms with Gasteiger partial charge in [-0.05, 0) is 70.8 Å². The quantitative estimate of drug-likeness (QED) is 0.361. The molecule has 1 saturated carbocycles. The number of ether oxygens (including phenoxy) is 2. The molecule has 2 N–H and O–H groups in total. The van der Waals surface area contributed by atoms with E-state index in [0.29, 0.717) is 36.2 Å². The lowest BCUT2D eigenvalue weighted by atomic mass is 9.64. The minimum Gasteiger partial charge on any atom is -0.507 e. The van der Waals surface area contributed by atoms with E-state index in [2.05, 4.69) is 53.4 Å². The Morgan fingerprint density at radius 2 is 2.03 bits per heavy atom. The summed E-state index contributed by atoms with van der Waals surface area (Å²) < 4.78 is 19.0. The van der Waals surface area contributed by atoms with Crippen molar-refractivity contribution in [3.05, 3.63) is 51.5 Å². The molecule has 1 aliphatic carbocycles. The number of benzene rings is 2. The van der Waals surface area contributed by atoms with Crippen LogP contribution in [0.3, 0.4) is 0 Å². The van der Waals surface area contributed by atoms with Crippen LogP contribution in [0, 0.1) is 0 Å². The first-order valence-electron chi connectivity index (χ1n) is 13.0. The average Bonchev–Trinajstić information content (AvgIpc) is 3.12. The predicted molar refractivity (Wildman–Crippen MR) is 153 cm³/mol. The van der Waals surface area contributed by atoms with Crippen LogP contribution in [0.15, 0.2) is 34.8 Å². The van der Waals surface area contributed by atoms with Gasteiger partial charge in [0.1, 0.15) is 33.6 Å². The van der Waals surface area contributed by atoms with Gasteiger partial charge in [-0.15, -0.1) is 0 Å². The molecule has 0 unspecified atom stereocenters. The van der Waals surface area contributed by atoms with Crippen molar-refractivity contribution in [3.8, 4) is 17.2 Å². The molecule has 6 nitrogen and oxygen atoms in total. The number of rotatable bonds is 8. The van der Waals surface area contributed by atoms with Crippen LogP contribution in [-0.2, 0) is 26.9 Å². The summed E-state index contributed by atoms with van der Waals surface area (Å²) in [6, 6.07) is 11.2. The van der Waals surface area contributed by atoms with Crippen LogP contribution in [-0.4, -0.2) is 50.3 Å². The number of phenols is 1. The number of methoxy groups -OCH3 is 1. The normalized spacial score (nSPS) is 26.7. The fourth-order valence-corrected chi connectivity index (χ4v) is 8.70. The Kier molecular flexibility index (Phi) is 7.73. The van der Waals surface area contributed by atoms with Crippen molar-refractivity contribution < 1.29 is 23.8 Å². The van der Waals surface area contributed by atoms with Crippen molar-refractivity contribution >= 4 is 41.8 Å². The fourth-order valence-electron chi connectivity index (χ4n) is 5.88. The Bertz CT molecular complexity index is 1180. The second-order valence-electron chi connectivity index (χ2n) is 11.0. The van der Waals surface area contributed by atoms with Gasteiger partial charge in [0.15, 0.2) is 8.32 Å². The highest BCUT2D eigenvalue weighted by Gasteiger charge is 2.60. The minimum atomic E-state index is -1.72. The summed E-state index contributed by atoms with van der Waals surface area (Å²) in [5.74, 6) is 2.75. The Balaban J connectivity index is 1.53. The van der Waals surface area contributed by atoms with E-state index in [9.17, 15) is 9.90 Å². The Morgan fingerprint density at radius 3 is 2.73 bits per heavy atom. The number of carbonyl (C=O) groups excluding carboxylic acids is 1. The molecule has 5 rings (SSSR count). The van der Waals surface area contributed by atoms with E-state index in [-0.39, 0.29) is 34.3 Å². The highest BCUT2D eigenvalue weighted by Crippen LogP contribution is 2.60. The topological polar surface area (TPSA) is 77.0 Å². The van der Waals surface area contributed by atoms with Crippen molar-refractivity contribution in [2.24, 2.45) is 0 Å². The molecule has 0 aromatic heterocycles. The van der Waals surface area contributed by atoms with Crippen LogP contribution < -0.4 is 14.8 Å². The van der Waals surface area contributed by atoms with E-state index in [4.69, 9.17) is 13.9 Å². The molecule has 9 heteroatoms. The fraction of sp³-hybridized carbons (Fsp3) is 0.536. The monoisotopic (exact) mass is 605 g/mol. The number of ketones is 1. The third kappa shape index (κ3) is 5.10. The molecular weight excluding hydrogens is 570 g/mol. The first-order valence-corrected chi connectivity index (χ1v) is 18.0. The molecule has 2 heterocycles. The number of hydrogen-bond acceptors (Lipinski definition) is 7. The SMILES string of the molecule is CC[Si](C)(C)OC[C@@H]1C[C@@]23c4c(cc(O)c(Br)c4O[C@@H]2CC(=O)C[C@H]3SCc2ccc(OC)cc2)CN1. The molecule has 4 atom stereocenters. The number of thioether (sulfide) groups is 1. The summed E-state index contributed by atoms with van der Waals surface area (Å²) in [6.07, 6.45) is 1.48. The van der Waals surface area contributed by atoms with Crippen LogP contribution in [0.5, 0.6) is 17.2 Å². The summed E-state index contributed by atoms with van der Waals surface area (Å²) in [7, 11) is -0.0512. The second-order valence-corrected chi connectivity index (χ2v) is 17.5. The lowest BCUT2D eigenvalue weighted by Gasteiger charge is -2.45. The van der Waals surface area contributed by atoms with Crippen LogP contribution in [0.1, 0.15) is 42.9 Å². The van der Waals surface area contributed by atoms with Crippen molar-refractivity contribution in [2.75, 3.05) is 13.7 Å². The Labute approximate surface area is 233 Å². The van der Waals surface area contributed by atoms with Crippen LogP contribution in [0.2, 0.25) is 19.1 Å². The van der Waals surface area contributed by atoms with Gasteiger partial charge in [0.25, 0.3) is 0 Å². The van der Waals surface area contributed by atoms with Gasteiger partial charge in [0.05, 0.1) is 12.5 Å². The predicted octanol–water partition coefficient (Wildman–Crippen LogP) is 5.93. The van der Waals surface area contributed by atoms with Gasteiger partial charge in [-0.2, -0.15) is 11.8 Å². The van der Waals surface area contributed by atoms with Gasteiger partial charge in [-0.1, -0.05) is 19.1 Å². The molecule has 2 aromatic rings. The number of Topliss-reactive ketones (excluding diaryl/α,β-unsaturated/α-hetero) is 1. The van der Waals surface area contributed by atoms with Gasteiger partial charge in [-0.25, -0.2) is 0 Å². The van der Waals surface area contributed by atoms with Gasteiger partial charge >= 0.3 is 0 Å². The number of halogens is 1. The van der Waals surface area contributed by atoms with Crippen molar-refractivity contribution in [1.82, 2.24) is 5.32 Å². The first kappa shape index (κ1) is 27.1. The van der Waals surface area contributed by atoms with Crippen LogP contribution in [0.25, 0.3) is 0 Å². The number of carbonyl (C=O) groups is 1. The Morgan fingerprint density at radius 1 is 1.27 bits per heavy atom. The van der Waals surface area contributed by atoms with E-state index in [1.54, 1.807) is 7.11 Å². The first-order chi connectivity index (χ1) is 17.7. The summed E-state index contributed by atoms with van der Waals surface area (Å²) in [5, 5.41) is 14.5. The van der Waals surface area contributed by atoms with Crippen molar-refractivity contribution in [3.63, 3.8) is 0 Å². The third-order valence-electron chi connectivity index (χ3n) is 8.29. The van der Waals surface area contributed by atoms with Gasteiger partial charge in [-0.3, -0.25) is 4.79 Å². The zero-order valence-electron chi connectivity index (χ0n) is 21.9. The van der Waals surface area contributed by atoms with Crippen molar-refractivity contribution in [1.29, 1.82) is 0 Å². The van der Waals surface area contributed by atoms with E-state index in [1.165, 1.54) is 5.56 Å². The molecule has 0 radical (unpaired) electrons. The van der Waals surface area contributed by atoms with E-state index < -0.39 is 8.32 Å². The van der Waals surface area contributed by atoms with E-state index in [0.717, 1.165) is 35.1 Å². The zero-order chi connectivity index (χ0) is 26.4. The van der Waals surface area contributed by atoms with Crippen LogP contribution >= 0.6 is 27.7 Å². The molecule has 200 valence electrons. The maximum atomic E-state index is 13.0. The minimum absolute atomic E-state index is 0.0520.